The molecule has 0 amide bonds. The van der Waals surface area contributed by atoms with E-state index in [4.69, 9.17) is 0 Å². The molecule has 19 aromatic rings. The van der Waals surface area contributed by atoms with Crippen LogP contribution in [0.15, 0.2) is 394 Å². The Balaban J connectivity index is 0.530. The van der Waals surface area contributed by atoms with Gasteiger partial charge in [0.15, 0.2) is 0 Å². The second-order valence-electron chi connectivity index (χ2n) is 36.9. The van der Waals surface area contributed by atoms with Gasteiger partial charge in [-0.1, -0.05) is 291 Å². The number of anilines is 6. The van der Waals surface area contributed by atoms with Gasteiger partial charge < -0.3 is 18.9 Å². The van der Waals surface area contributed by atoms with Crippen LogP contribution in [0, 0.1) is 40.4 Å². The molecule has 0 aliphatic heterocycles. The lowest BCUT2D eigenvalue weighted by Gasteiger charge is -2.74. The number of para-hydroxylation sites is 5. The lowest BCUT2D eigenvalue weighted by Crippen LogP contribution is -2.71. The second kappa shape index (κ2) is 26.5. The van der Waals surface area contributed by atoms with Crippen LogP contribution in [-0.4, -0.2) is 9.13 Å². The summed E-state index contributed by atoms with van der Waals surface area (Å²) in [5.74, 6) is 4.40. The van der Waals surface area contributed by atoms with Gasteiger partial charge in [0.1, 0.15) is 0 Å². The highest BCUT2D eigenvalue weighted by Gasteiger charge is 2.78. The first kappa shape index (κ1) is 69.4. The maximum absolute atomic E-state index is 2.62. The van der Waals surface area contributed by atoms with Crippen molar-refractivity contribution in [2.24, 2.45) is 40.4 Å². The van der Waals surface area contributed by atoms with Gasteiger partial charge in [-0.15, -0.1) is 0 Å². The number of fused-ring (bicyclic) bond motifs is 9. The van der Waals surface area contributed by atoms with Crippen LogP contribution in [0.3, 0.4) is 0 Å². The van der Waals surface area contributed by atoms with E-state index >= 15 is 0 Å². The molecule has 7 aliphatic rings. The van der Waals surface area contributed by atoms with E-state index < -0.39 is 0 Å². The molecule has 578 valence electrons. The molecular formula is C117H90N4. The van der Waals surface area contributed by atoms with Gasteiger partial charge in [0, 0.05) is 71.9 Å². The summed E-state index contributed by atoms with van der Waals surface area (Å²) in [6.07, 6.45) is 13.5. The van der Waals surface area contributed by atoms with Crippen LogP contribution >= 0.6 is 0 Å². The smallest absolute Gasteiger partial charge is 0.0543 e. The first-order valence-electron chi connectivity index (χ1n) is 44.3. The standard InChI is InChI=1S/C117H90N4/c1-3-27-98-81(19-1)21-17-34-99(98)83-50-62-94(63-51-83)118(96-25-15-23-84(66-96)101-29-5-10-35-108(101)120-109-36-11-6-30-103(109)104-31-7-12-37-110(104)120)93-58-46-79(47-59-93)78-44-54-87(55-45-78)115-73-88-56-57-89(74-115)117(88,115)70-76-41-64-102(113(65-76)121-111-38-13-8-32-105(111)106-33-9-14-39-112(106)121)85-24-16-26-97(67-85)119(107-40-18-22-82-20-2-4-28-100(82)107)95-60-48-80(49-61-95)77-42-52-86(53-43-77)114-71-91-68-90-69-92(72-114)116(90,91)75-114/h1-55,58-67,88-92H,56-57,68-75H2/t88-,89-,90?,91-,92-,114?,115?,116?,117?/m0/s1. The lowest BCUT2D eigenvalue weighted by molar-refractivity contribution is -0.189. The van der Waals surface area contributed by atoms with Crippen molar-refractivity contribution in [3.8, 4) is 67.0 Å². The first-order chi connectivity index (χ1) is 59.8. The third-order valence-electron chi connectivity index (χ3n) is 31.8. The van der Waals surface area contributed by atoms with Crippen LogP contribution in [0.25, 0.3) is 132 Å². The Bertz CT molecular complexity index is 7260. The van der Waals surface area contributed by atoms with Crippen molar-refractivity contribution >= 4 is 99.3 Å². The molecule has 0 unspecified atom stereocenters. The van der Waals surface area contributed by atoms with Crippen LogP contribution in [0.2, 0.25) is 0 Å². The summed E-state index contributed by atoms with van der Waals surface area (Å²) >= 11 is 0. The number of hydrogen-bond donors (Lipinski definition) is 0. The fourth-order valence-corrected chi connectivity index (χ4v) is 26.5. The molecule has 2 heterocycles. The van der Waals surface area contributed by atoms with Gasteiger partial charge in [0.2, 0.25) is 0 Å². The minimum Gasteiger partial charge on any atom is -0.310 e. The van der Waals surface area contributed by atoms with Crippen molar-refractivity contribution in [3.05, 3.63) is 411 Å². The van der Waals surface area contributed by atoms with Gasteiger partial charge >= 0.3 is 0 Å². The Labute approximate surface area is 706 Å². The molecule has 26 rings (SSSR count). The molecule has 4 nitrogen and oxygen atoms in total. The van der Waals surface area contributed by atoms with Crippen LogP contribution in [0.1, 0.15) is 74.5 Å². The monoisotopic (exact) mass is 1550 g/mol. The third-order valence-corrected chi connectivity index (χ3v) is 31.8. The molecule has 0 radical (unpaired) electrons. The second-order valence-corrected chi connectivity index (χ2v) is 36.9. The SMILES string of the molecule is c1cc(-c2ccccc2-n2c3ccccc3c3ccccc32)cc(N(c2ccc(-c3ccc(C45C[C@@H]6CC[C@@H](C4)C65Cc4ccc(-c5cccc(N(c6ccc(-c7ccc(C89C[C@@H]%10CC%11C[C@@H](C8)C%11%10C9)cc7)cc6)c6cccc7ccccc67)c5)c(-n5c6ccccc6c6ccccc65)c4)cc3)cc2)c2ccc(-c3cccc4ccccc34)cc2)c1. The molecule has 7 saturated carbocycles. The number of aromatic nitrogens is 2. The van der Waals surface area contributed by atoms with E-state index in [1.54, 1.807) is 5.56 Å². The molecule has 17 aromatic carbocycles. The molecule has 2 aromatic heterocycles. The molecule has 0 saturated heterocycles. The normalized spacial score (nSPS) is 22.5. The summed E-state index contributed by atoms with van der Waals surface area (Å²) in [4.78, 5) is 4.94. The van der Waals surface area contributed by atoms with Crippen LogP contribution in [-0.2, 0) is 17.3 Å². The Morgan fingerprint density at radius 3 is 1.25 bits per heavy atom. The van der Waals surface area contributed by atoms with E-state index in [2.05, 4.69) is 413 Å². The van der Waals surface area contributed by atoms with E-state index in [-0.39, 0.29) is 10.8 Å². The number of nitrogens with zero attached hydrogens (tertiary/aromatic N) is 4. The Kier molecular flexibility index (Phi) is 15.2. The highest BCUT2D eigenvalue weighted by atomic mass is 15.2. The topological polar surface area (TPSA) is 16.3 Å². The summed E-state index contributed by atoms with van der Waals surface area (Å²) in [6, 6.07) is 150. The van der Waals surface area contributed by atoms with Gasteiger partial charge in [-0.05, 0) is 291 Å². The molecule has 7 fully saturated rings. The molecule has 4 heteroatoms. The average molecular weight is 1550 g/mol. The minimum atomic E-state index is 0.130. The maximum atomic E-state index is 2.62. The number of rotatable bonds is 17. The largest absolute Gasteiger partial charge is 0.310 e. The maximum Gasteiger partial charge on any atom is 0.0543 e. The highest BCUT2D eigenvalue weighted by molar-refractivity contribution is 6.11. The highest BCUT2D eigenvalue weighted by Crippen LogP contribution is 2.85. The molecule has 7 aliphatic carbocycles. The van der Waals surface area contributed by atoms with Crippen molar-refractivity contribution in [1.82, 2.24) is 9.13 Å². The van der Waals surface area contributed by atoms with Gasteiger partial charge in [-0.2, -0.15) is 0 Å². The summed E-state index contributed by atoms with van der Waals surface area (Å²) in [7, 11) is 0. The van der Waals surface area contributed by atoms with Gasteiger partial charge in [-0.3, -0.25) is 0 Å². The molecule has 1 spiro atoms. The van der Waals surface area contributed by atoms with Gasteiger partial charge in [0.05, 0.1) is 39.1 Å². The molecular weight excluding hydrogens is 1460 g/mol. The average Bonchev–Trinajstić information content (AvgIpc) is 1.51. The van der Waals surface area contributed by atoms with Gasteiger partial charge in [-0.25, -0.2) is 0 Å². The Morgan fingerprint density at radius 2 is 0.694 bits per heavy atom. The van der Waals surface area contributed by atoms with E-state index in [1.165, 1.54) is 190 Å². The third kappa shape index (κ3) is 10.2. The fraction of sp³-hybridized carbons (Fsp3) is 0.162. The quantitative estimate of drug-likeness (QED) is 0.0903. The molecule has 121 heavy (non-hydrogen) atoms. The van der Waals surface area contributed by atoms with Crippen LogP contribution < -0.4 is 9.80 Å². The minimum absolute atomic E-state index is 0.130. The zero-order valence-corrected chi connectivity index (χ0v) is 67.8. The Hall–Kier alpha value is -13.5. The molecule has 0 N–H and O–H groups in total. The number of hydrogen-bond acceptors (Lipinski definition) is 2. The van der Waals surface area contributed by atoms with E-state index in [0.29, 0.717) is 22.7 Å². The summed E-state index contributed by atoms with van der Waals surface area (Å²) in [5, 5.41) is 10.0. The summed E-state index contributed by atoms with van der Waals surface area (Å²) in [5.41, 5.74) is 32.1. The van der Waals surface area contributed by atoms with Crippen molar-refractivity contribution in [1.29, 1.82) is 0 Å². The predicted octanol–water partition coefficient (Wildman–Crippen LogP) is 30.8. The fourth-order valence-electron chi connectivity index (χ4n) is 26.5. The van der Waals surface area contributed by atoms with Crippen LogP contribution in [0.5, 0.6) is 0 Å². The van der Waals surface area contributed by atoms with Crippen molar-refractivity contribution in [2.45, 2.75) is 75.0 Å². The van der Waals surface area contributed by atoms with Crippen molar-refractivity contribution in [3.63, 3.8) is 0 Å². The number of benzene rings is 17. The van der Waals surface area contributed by atoms with Crippen molar-refractivity contribution in [2.75, 3.05) is 9.80 Å². The summed E-state index contributed by atoms with van der Waals surface area (Å²) in [6.45, 7) is 0. The zero-order chi connectivity index (χ0) is 79.3. The van der Waals surface area contributed by atoms with E-state index in [1.807, 2.05) is 0 Å². The zero-order valence-electron chi connectivity index (χ0n) is 67.8. The lowest BCUT2D eigenvalue weighted by atomic mass is 9.29. The van der Waals surface area contributed by atoms with E-state index in [0.717, 1.165) is 69.5 Å². The predicted molar refractivity (Wildman–Crippen MR) is 504 cm³/mol. The molecule has 4 atom stereocenters. The first-order valence-corrected chi connectivity index (χ1v) is 44.3. The van der Waals surface area contributed by atoms with Crippen LogP contribution in [0.4, 0.5) is 34.1 Å². The molecule has 2 bridgehead atoms. The van der Waals surface area contributed by atoms with Crippen molar-refractivity contribution < 1.29 is 0 Å². The summed E-state index contributed by atoms with van der Waals surface area (Å²) < 4.78 is 5.04. The Morgan fingerprint density at radius 1 is 0.273 bits per heavy atom. The van der Waals surface area contributed by atoms with Gasteiger partial charge in [0.25, 0.3) is 0 Å². The van der Waals surface area contributed by atoms with E-state index in [9.17, 15) is 0 Å².